The van der Waals surface area contributed by atoms with Gasteiger partial charge in [0.05, 0.1) is 12.7 Å². The van der Waals surface area contributed by atoms with Gasteiger partial charge in [-0.25, -0.2) is 4.79 Å². The van der Waals surface area contributed by atoms with E-state index >= 15 is 0 Å². The first-order chi connectivity index (χ1) is 12.1. The molecule has 25 heavy (non-hydrogen) atoms. The maximum absolute atomic E-state index is 12.0. The molecule has 1 aliphatic rings. The number of urea groups is 1. The number of amides is 2. The van der Waals surface area contributed by atoms with Crippen molar-refractivity contribution in [2.45, 2.75) is 37.7 Å². The fraction of sp³-hybridized carbons (Fsp3) is 0.474. The number of hydrogen-bond acceptors (Lipinski definition) is 3. The van der Waals surface area contributed by atoms with Crippen molar-refractivity contribution in [3.8, 4) is 0 Å². The Hall–Kier alpha value is -2.34. The zero-order valence-electron chi connectivity index (χ0n) is 14.7. The predicted octanol–water partition coefficient (Wildman–Crippen LogP) is 1.88. The molecule has 0 spiro atoms. The largest absolute Gasteiger partial charge is 0.383 e. The number of rotatable bonds is 6. The molecule has 0 saturated carbocycles. The van der Waals surface area contributed by atoms with Gasteiger partial charge in [-0.3, -0.25) is 4.68 Å². The monoisotopic (exact) mass is 342 g/mol. The number of aromatic nitrogens is 2. The van der Waals surface area contributed by atoms with Gasteiger partial charge in [0.25, 0.3) is 0 Å². The van der Waals surface area contributed by atoms with Gasteiger partial charge in [-0.1, -0.05) is 24.3 Å². The lowest BCUT2D eigenvalue weighted by molar-refractivity contribution is 0.0217. The minimum Gasteiger partial charge on any atom is -0.383 e. The Morgan fingerprint density at radius 1 is 1.36 bits per heavy atom. The SMILES string of the molecule is Cn1cc(CCCNC(=O)NCC2(O)CCCc3ccccc32)cn1. The number of carbonyl (C=O) groups is 1. The summed E-state index contributed by atoms with van der Waals surface area (Å²) >= 11 is 0. The van der Waals surface area contributed by atoms with E-state index in [0.29, 0.717) is 13.0 Å². The molecule has 1 aromatic heterocycles. The van der Waals surface area contributed by atoms with Gasteiger partial charge in [-0.2, -0.15) is 5.10 Å². The molecule has 1 unspecified atom stereocenters. The van der Waals surface area contributed by atoms with Crippen LogP contribution in [0, 0.1) is 0 Å². The lowest BCUT2D eigenvalue weighted by Crippen LogP contribution is -2.46. The van der Waals surface area contributed by atoms with Crippen LogP contribution in [0.4, 0.5) is 4.79 Å². The highest BCUT2D eigenvalue weighted by Crippen LogP contribution is 2.34. The molecule has 0 fully saturated rings. The van der Waals surface area contributed by atoms with Crippen LogP contribution in [0.25, 0.3) is 0 Å². The summed E-state index contributed by atoms with van der Waals surface area (Å²) in [6.45, 7) is 0.828. The number of carbonyl (C=O) groups excluding carboxylic acids is 1. The van der Waals surface area contributed by atoms with E-state index in [4.69, 9.17) is 0 Å². The average Bonchev–Trinajstić information content (AvgIpc) is 3.03. The summed E-state index contributed by atoms with van der Waals surface area (Å²) in [6.07, 6.45) is 8.15. The molecule has 0 aliphatic heterocycles. The first-order valence-corrected chi connectivity index (χ1v) is 8.87. The smallest absolute Gasteiger partial charge is 0.314 e. The van der Waals surface area contributed by atoms with Gasteiger partial charge in [-0.05, 0) is 48.8 Å². The zero-order chi connectivity index (χ0) is 17.7. The van der Waals surface area contributed by atoms with E-state index < -0.39 is 5.60 Å². The Morgan fingerprint density at radius 2 is 2.20 bits per heavy atom. The molecule has 1 heterocycles. The predicted molar refractivity (Wildman–Crippen MR) is 96.2 cm³/mol. The third kappa shape index (κ3) is 4.39. The third-order valence-corrected chi connectivity index (χ3v) is 4.78. The van der Waals surface area contributed by atoms with Crippen LogP contribution in [0.1, 0.15) is 36.0 Å². The van der Waals surface area contributed by atoms with Crippen molar-refractivity contribution in [2.24, 2.45) is 7.05 Å². The van der Waals surface area contributed by atoms with Crippen molar-refractivity contribution in [3.63, 3.8) is 0 Å². The van der Waals surface area contributed by atoms with Crippen molar-refractivity contribution in [1.29, 1.82) is 0 Å². The summed E-state index contributed by atoms with van der Waals surface area (Å²) in [6, 6.07) is 7.71. The summed E-state index contributed by atoms with van der Waals surface area (Å²) in [5, 5.41) is 20.7. The van der Waals surface area contributed by atoms with E-state index in [1.807, 2.05) is 37.6 Å². The van der Waals surface area contributed by atoms with Gasteiger partial charge in [0.15, 0.2) is 0 Å². The second kappa shape index (κ2) is 7.70. The zero-order valence-corrected chi connectivity index (χ0v) is 14.7. The van der Waals surface area contributed by atoms with Gasteiger partial charge >= 0.3 is 6.03 Å². The maximum Gasteiger partial charge on any atom is 0.314 e. The Morgan fingerprint density at radius 3 is 3.00 bits per heavy atom. The first-order valence-electron chi connectivity index (χ1n) is 8.87. The molecule has 3 N–H and O–H groups in total. The van der Waals surface area contributed by atoms with E-state index in [1.165, 1.54) is 5.56 Å². The Labute approximate surface area is 148 Å². The van der Waals surface area contributed by atoms with Gasteiger partial charge < -0.3 is 15.7 Å². The summed E-state index contributed by atoms with van der Waals surface area (Å²) < 4.78 is 1.78. The molecule has 1 aromatic carbocycles. The number of benzene rings is 1. The highest BCUT2D eigenvalue weighted by atomic mass is 16.3. The lowest BCUT2D eigenvalue weighted by Gasteiger charge is -2.34. The van der Waals surface area contributed by atoms with E-state index in [0.717, 1.165) is 36.8 Å². The molecule has 134 valence electrons. The molecule has 1 aliphatic carbocycles. The normalized spacial score (nSPS) is 19.3. The fourth-order valence-electron chi connectivity index (χ4n) is 3.47. The molecule has 6 nitrogen and oxygen atoms in total. The van der Waals surface area contributed by atoms with Crippen LogP contribution in [0.2, 0.25) is 0 Å². The van der Waals surface area contributed by atoms with Crippen molar-refractivity contribution in [2.75, 3.05) is 13.1 Å². The standard InChI is InChI=1S/C19H26N4O2/c1-23-13-15(12-22-23)6-5-11-20-18(24)21-14-19(25)10-4-8-16-7-2-3-9-17(16)19/h2-3,7,9,12-13,25H,4-6,8,10-11,14H2,1H3,(H2,20,21,24). The second-order valence-corrected chi connectivity index (χ2v) is 6.78. The van der Waals surface area contributed by atoms with E-state index in [9.17, 15) is 9.90 Å². The quantitative estimate of drug-likeness (QED) is 0.701. The topological polar surface area (TPSA) is 79.2 Å². The van der Waals surface area contributed by atoms with Crippen LogP contribution in [-0.2, 0) is 25.5 Å². The number of aryl methyl sites for hydroxylation is 3. The summed E-state index contributed by atoms with van der Waals surface area (Å²) in [7, 11) is 1.89. The molecule has 2 amide bonds. The van der Waals surface area contributed by atoms with Crippen molar-refractivity contribution in [3.05, 3.63) is 53.3 Å². The Kier molecular flexibility index (Phi) is 5.38. The van der Waals surface area contributed by atoms with E-state index in [1.54, 1.807) is 4.68 Å². The Balaban J connectivity index is 1.43. The van der Waals surface area contributed by atoms with Gasteiger partial charge in [0, 0.05) is 19.8 Å². The summed E-state index contributed by atoms with van der Waals surface area (Å²) in [5.41, 5.74) is 2.31. The van der Waals surface area contributed by atoms with Crippen LogP contribution in [0.5, 0.6) is 0 Å². The molecule has 6 heteroatoms. The van der Waals surface area contributed by atoms with Crippen molar-refractivity contribution in [1.82, 2.24) is 20.4 Å². The van der Waals surface area contributed by atoms with Crippen LogP contribution < -0.4 is 10.6 Å². The number of fused-ring (bicyclic) bond motifs is 1. The van der Waals surface area contributed by atoms with Crippen LogP contribution in [-0.4, -0.2) is 34.0 Å². The van der Waals surface area contributed by atoms with Crippen LogP contribution >= 0.6 is 0 Å². The van der Waals surface area contributed by atoms with Crippen LogP contribution in [0.15, 0.2) is 36.7 Å². The first kappa shape index (κ1) is 17.5. The highest BCUT2D eigenvalue weighted by molar-refractivity contribution is 5.73. The number of nitrogens with zero attached hydrogens (tertiary/aromatic N) is 2. The second-order valence-electron chi connectivity index (χ2n) is 6.78. The molecule has 0 saturated heterocycles. The minimum atomic E-state index is -0.970. The molecule has 0 radical (unpaired) electrons. The van der Waals surface area contributed by atoms with Gasteiger partial charge in [-0.15, -0.1) is 0 Å². The Bertz CT molecular complexity index is 728. The molecule has 3 rings (SSSR count). The fourth-order valence-corrected chi connectivity index (χ4v) is 3.47. The highest BCUT2D eigenvalue weighted by Gasteiger charge is 2.34. The molecule has 2 aromatic rings. The van der Waals surface area contributed by atoms with Gasteiger partial charge in [0.2, 0.25) is 0 Å². The number of aliphatic hydroxyl groups is 1. The minimum absolute atomic E-state index is 0.234. The van der Waals surface area contributed by atoms with Gasteiger partial charge in [0.1, 0.15) is 5.60 Å². The molecular formula is C19H26N4O2. The summed E-state index contributed by atoms with van der Waals surface area (Å²) in [4.78, 5) is 12.0. The van der Waals surface area contributed by atoms with Crippen molar-refractivity contribution >= 4 is 6.03 Å². The lowest BCUT2D eigenvalue weighted by atomic mass is 9.79. The number of hydrogen-bond donors (Lipinski definition) is 3. The van der Waals surface area contributed by atoms with Crippen LogP contribution in [0.3, 0.4) is 0 Å². The molecular weight excluding hydrogens is 316 g/mol. The average molecular weight is 342 g/mol. The number of nitrogens with one attached hydrogen (secondary N) is 2. The molecule has 1 atom stereocenters. The summed E-state index contributed by atoms with van der Waals surface area (Å²) in [5.74, 6) is 0. The maximum atomic E-state index is 12.0. The van der Waals surface area contributed by atoms with E-state index in [-0.39, 0.29) is 12.6 Å². The van der Waals surface area contributed by atoms with Crippen molar-refractivity contribution < 1.29 is 9.90 Å². The molecule has 0 bridgehead atoms. The third-order valence-electron chi connectivity index (χ3n) is 4.78. The van der Waals surface area contributed by atoms with E-state index in [2.05, 4.69) is 21.8 Å².